The summed E-state index contributed by atoms with van der Waals surface area (Å²) in [5.41, 5.74) is -0.350. The van der Waals surface area contributed by atoms with Crippen LogP contribution in [0, 0.1) is 24.7 Å². The lowest BCUT2D eigenvalue weighted by atomic mass is 10.0. The maximum absolute atomic E-state index is 12.8. The first-order chi connectivity index (χ1) is 15.8. The highest BCUT2D eigenvalue weighted by Crippen LogP contribution is 2.26. The number of benzene rings is 2. The molecule has 0 atom stereocenters. The van der Waals surface area contributed by atoms with Gasteiger partial charge in [-0.1, -0.05) is 11.8 Å². The highest BCUT2D eigenvalue weighted by Gasteiger charge is 2.43. The zero-order valence-corrected chi connectivity index (χ0v) is 17.1. The van der Waals surface area contributed by atoms with E-state index in [0.29, 0.717) is 9.80 Å². The monoisotopic (exact) mass is 480 g/mol. The zero-order valence-electron chi connectivity index (χ0n) is 17.1. The molecule has 0 aliphatic rings. The molecule has 34 heavy (non-hydrogen) atoms. The fourth-order valence-electron chi connectivity index (χ4n) is 2.80. The summed E-state index contributed by atoms with van der Waals surface area (Å²) in [4.78, 5) is 36.4. The van der Waals surface area contributed by atoms with Crippen molar-refractivity contribution in [2.45, 2.75) is 12.4 Å². The van der Waals surface area contributed by atoms with Crippen molar-refractivity contribution < 1.29 is 40.7 Å². The lowest BCUT2D eigenvalue weighted by Crippen LogP contribution is -2.41. The van der Waals surface area contributed by atoms with E-state index in [2.05, 4.69) is 0 Å². The van der Waals surface area contributed by atoms with E-state index < -0.39 is 43.0 Å². The number of hydrogen-bond donors (Lipinski definition) is 0. The number of halogens is 6. The molecule has 0 N–H and O–H groups in total. The lowest BCUT2D eigenvalue weighted by Gasteiger charge is -2.22. The second-order valence-electron chi connectivity index (χ2n) is 6.61. The average Bonchev–Trinajstić information content (AvgIpc) is 2.79. The minimum atomic E-state index is -5.16. The van der Waals surface area contributed by atoms with Gasteiger partial charge in [0.25, 0.3) is 0 Å². The summed E-state index contributed by atoms with van der Waals surface area (Å²) >= 11 is 0. The highest BCUT2D eigenvalue weighted by atomic mass is 19.4. The fourth-order valence-corrected chi connectivity index (χ4v) is 2.80. The van der Waals surface area contributed by atoms with Gasteiger partial charge in [0.1, 0.15) is 0 Å². The number of terminal acetylenes is 2. The van der Waals surface area contributed by atoms with Gasteiger partial charge < -0.3 is 0 Å². The molecule has 2 aromatic rings. The SMILES string of the molecule is C#CCN(C(=O)C(F)(F)F)c1ccc(C(=O)c2ccc(N(CC#C)C(=O)C(F)(F)F)cc2)cc1. The molecule has 0 spiro atoms. The molecular weight excluding hydrogens is 466 g/mol. The molecule has 0 radical (unpaired) electrons. The van der Waals surface area contributed by atoms with Crippen LogP contribution in [0.25, 0.3) is 0 Å². The van der Waals surface area contributed by atoms with Gasteiger partial charge in [-0.3, -0.25) is 24.2 Å². The Morgan fingerprint density at radius 2 is 0.941 bits per heavy atom. The Morgan fingerprint density at radius 3 is 1.18 bits per heavy atom. The molecule has 0 saturated carbocycles. The van der Waals surface area contributed by atoms with Gasteiger partial charge in [0.05, 0.1) is 13.1 Å². The van der Waals surface area contributed by atoms with Crippen LogP contribution < -0.4 is 9.80 Å². The number of anilines is 2. The maximum atomic E-state index is 12.8. The van der Waals surface area contributed by atoms with Crippen molar-refractivity contribution in [3.63, 3.8) is 0 Å². The molecule has 0 bridgehead atoms. The number of carbonyl (C=O) groups excluding carboxylic acids is 3. The van der Waals surface area contributed by atoms with Crippen LogP contribution in [0.4, 0.5) is 37.7 Å². The first-order valence-electron chi connectivity index (χ1n) is 9.20. The van der Waals surface area contributed by atoms with E-state index in [1.54, 1.807) is 0 Å². The van der Waals surface area contributed by atoms with E-state index in [-0.39, 0.29) is 22.5 Å². The molecular formula is C23H14F6N2O3. The normalized spacial score (nSPS) is 11.2. The van der Waals surface area contributed by atoms with Gasteiger partial charge in [0.2, 0.25) is 0 Å². The first-order valence-corrected chi connectivity index (χ1v) is 9.20. The third-order valence-electron chi connectivity index (χ3n) is 4.36. The molecule has 0 aliphatic carbocycles. The largest absolute Gasteiger partial charge is 0.471 e. The third-order valence-corrected chi connectivity index (χ3v) is 4.36. The van der Waals surface area contributed by atoms with Crippen molar-refractivity contribution in [1.82, 2.24) is 0 Å². The van der Waals surface area contributed by atoms with E-state index >= 15 is 0 Å². The minimum absolute atomic E-state index is 0.0171. The van der Waals surface area contributed by atoms with Gasteiger partial charge in [0, 0.05) is 22.5 Å². The van der Waals surface area contributed by atoms with E-state index in [0.717, 1.165) is 48.5 Å². The number of ketones is 1. The third kappa shape index (κ3) is 5.95. The number of hydrogen-bond acceptors (Lipinski definition) is 3. The van der Waals surface area contributed by atoms with Crippen LogP contribution in [0.5, 0.6) is 0 Å². The van der Waals surface area contributed by atoms with Crippen LogP contribution in [0.2, 0.25) is 0 Å². The Kier molecular flexibility index (Phi) is 7.75. The van der Waals surface area contributed by atoms with E-state index in [1.807, 2.05) is 11.8 Å². The van der Waals surface area contributed by atoms with Crippen molar-refractivity contribution in [1.29, 1.82) is 0 Å². The van der Waals surface area contributed by atoms with Crippen molar-refractivity contribution in [3.8, 4) is 24.7 Å². The molecule has 176 valence electrons. The van der Waals surface area contributed by atoms with Gasteiger partial charge in [-0.25, -0.2) is 0 Å². The van der Waals surface area contributed by atoms with Crippen LogP contribution in [-0.4, -0.2) is 43.0 Å². The van der Waals surface area contributed by atoms with E-state index in [1.165, 1.54) is 0 Å². The van der Waals surface area contributed by atoms with Crippen LogP contribution >= 0.6 is 0 Å². The van der Waals surface area contributed by atoms with Crippen LogP contribution in [-0.2, 0) is 9.59 Å². The molecule has 2 amide bonds. The quantitative estimate of drug-likeness (QED) is 0.357. The topological polar surface area (TPSA) is 57.7 Å². The number of alkyl halides is 6. The molecule has 11 heteroatoms. The Bertz CT molecular complexity index is 1060. The molecule has 0 unspecified atom stereocenters. The molecule has 0 aromatic heterocycles. The Labute approximate surface area is 189 Å². The Hall–Kier alpha value is -4.25. The standard InChI is InChI=1S/C23H14F6N2O3/c1-3-13-30(20(33)22(24,25)26)17-9-5-15(6-10-17)19(32)16-7-11-18(12-8-16)31(14-4-2)21(34)23(27,28)29/h1-2,5-12H,13-14H2. The average molecular weight is 480 g/mol. The van der Waals surface area contributed by atoms with Crippen LogP contribution in [0.3, 0.4) is 0 Å². The molecule has 0 heterocycles. The number of carbonyl (C=O) groups is 3. The van der Waals surface area contributed by atoms with Gasteiger partial charge in [0.15, 0.2) is 5.78 Å². The predicted molar refractivity (Wildman–Crippen MR) is 111 cm³/mol. The van der Waals surface area contributed by atoms with Crippen molar-refractivity contribution in [3.05, 3.63) is 59.7 Å². The molecule has 0 saturated heterocycles. The summed E-state index contributed by atoms with van der Waals surface area (Å²) < 4.78 is 76.7. The van der Waals surface area contributed by atoms with E-state index in [9.17, 15) is 40.7 Å². The van der Waals surface area contributed by atoms with Crippen LogP contribution in [0.15, 0.2) is 48.5 Å². The first kappa shape index (κ1) is 26.0. The summed E-state index contributed by atoms with van der Waals surface area (Å²) in [5, 5.41) is 0. The number of rotatable bonds is 6. The summed E-state index contributed by atoms with van der Waals surface area (Å²) in [7, 11) is 0. The van der Waals surface area contributed by atoms with Crippen LogP contribution in [0.1, 0.15) is 15.9 Å². The summed E-state index contributed by atoms with van der Waals surface area (Å²) in [6, 6.07) is 9.04. The Balaban J connectivity index is 2.28. The summed E-state index contributed by atoms with van der Waals surface area (Å²) in [6.07, 6.45) is -0.250. The smallest absolute Gasteiger partial charge is 0.293 e. The molecule has 5 nitrogen and oxygen atoms in total. The number of nitrogens with zero attached hydrogens (tertiary/aromatic N) is 2. The lowest BCUT2D eigenvalue weighted by molar-refractivity contribution is -0.170. The van der Waals surface area contributed by atoms with Crippen molar-refractivity contribution in [2.24, 2.45) is 0 Å². The van der Waals surface area contributed by atoms with Gasteiger partial charge >= 0.3 is 24.2 Å². The van der Waals surface area contributed by atoms with Crippen molar-refractivity contribution >= 4 is 29.0 Å². The predicted octanol–water partition coefficient (Wildman–Crippen LogP) is 3.97. The Morgan fingerprint density at radius 1 is 0.647 bits per heavy atom. The van der Waals surface area contributed by atoms with Crippen molar-refractivity contribution in [2.75, 3.05) is 22.9 Å². The van der Waals surface area contributed by atoms with E-state index in [4.69, 9.17) is 12.8 Å². The second-order valence-corrected chi connectivity index (χ2v) is 6.61. The van der Waals surface area contributed by atoms with Gasteiger partial charge in [-0.05, 0) is 48.5 Å². The molecule has 0 aliphatic heterocycles. The van der Waals surface area contributed by atoms with Gasteiger partial charge in [-0.2, -0.15) is 26.3 Å². The molecule has 2 rings (SSSR count). The molecule has 0 fully saturated rings. The maximum Gasteiger partial charge on any atom is 0.471 e. The zero-order chi connectivity index (χ0) is 25.7. The summed E-state index contributed by atoms with van der Waals surface area (Å²) in [5.74, 6) is -1.07. The molecule has 2 aromatic carbocycles. The number of amides is 2. The fraction of sp³-hybridized carbons (Fsp3) is 0.174. The van der Waals surface area contributed by atoms with Gasteiger partial charge in [-0.15, -0.1) is 12.8 Å². The second kappa shape index (κ2) is 10.1. The summed E-state index contributed by atoms with van der Waals surface area (Å²) in [6.45, 7) is -1.31. The minimum Gasteiger partial charge on any atom is -0.293 e. The highest BCUT2D eigenvalue weighted by molar-refractivity contribution is 6.09.